The van der Waals surface area contributed by atoms with Crippen LogP contribution in [-0.4, -0.2) is 58.2 Å². The highest BCUT2D eigenvalue weighted by atomic mass is 32.2. The number of ether oxygens (including phenoxy) is 1. The van der Waals surface area contributed by atoms with Gasteiger partial charge in [0, 0.05) is 32.3 Å². The molecule has 1 aliphatic rings. The van der Waals surface area contributed by atoms with Crippen LogP contribution < -0.4 is 10.6 Å². The molecule has 0 amide bonds. The molecule has 2 N–H and O–H groups in total. The number of hydrogen-bond donors (Lipinski definition) is 2. The average molecular weight is 291 g/mol. The Labute approximate surface area is 115 Å². The van der Waals surface area contributed by atoms with E-state index in [-0.39, 0.29) is 17.5 Å². The van der Waals surface area contributed by atoms with Gasteiger partial charge in [0.05, 0.1) is 11.5 Å². The summed E-state index contributed by atoms with van der Waals surface area (Å²) in [5.74, 6) is 1.17. The van der Waals surface area contributed by atoms with Crippen molar-refractivity contribution in [1.29, 1.82) is 0 Å². The quantitative estimate of drug-likeness (QED) is 0.397. The van der Waals surface area contributed by atoms with Gasteiger partial charge in [-0.3, -0.25) is 4.99 Å². The van der Waals surface area contributed by atoms with Gasteiger partial charge in [0.1, 0.15) is 0 Å². The first kappa shape index (κ1) is 16.2. The van der Waals surface area contributed by atoms with E-state index < -0.39 is 9.84 Å². The van der Waals surface area contributed by atoms with E-state index in [1.54, 1.807) is 0 Å². The number of aliphatic imine (C=N–C) groups is 1. The number of guanidine groups is 1. The molecule has 0 spiro atoms. The minimum atomic E-state index is -2.85. The van der Waals surface area contributed by atoms with Gasteiger partial charge >= 0.3 is 0 Å². The molecule has 0 aromatic carbocycles. The van der Waals surface area contributed by atoms with Gasteiger partial charge in [-0.25, -0.2) is 8.42 Å². The molecule has 0 saturated carbocycles. The maximum Gasteiger partial charge on any atom is 0.191 e. The molecule has 0 bridgehead atoms. The van der Waals surface area contributed by atoms with E-state index in [1.807, 2.05) is 13.8 Å². The van der Waals surface area contributed by atoms with Crippen LogP contribution in [0.1, 0.15) is 26.7 Å². The van der Waals surface area contributed by atoms with E-state index in [2.05, 4.69) is 15.6 Å². The standard InChI is InChI=1S/C12H25N3O3S/c1-3-13-12(14-7-5-8-18-4-2)15-11-6-9-19(16,17)10-11/h11H,3-10H2,1-2H3,(H2,13,14,15). The molecule has 7 heteroatoms. The summed E-state index contributed by atoms with van der Waals surface area (Å²) < 4.78 is 28.0. The summed E-state index contributed by atoms with van der Waals surface area (Å²) >= 11 is 0. The van der Waals surface area contributed by atoms with Crippen molar-refractivity contribution in [1.82, 2.24) is 10.6 Å². The topological polar surface area (TPSA) is 79.8 Å². The molecule has 1 aliphatic heterocycles. The molecule has 0 aromatic rings. The van der Waals surface area contributed by atoms with Crippen LogP contribution >= 0.6 is 0 Å². The molecule has 1 fully saturated rings. The van der Waals surface area contributed by atoms with Crippen LogP contribution in [-0.2, 0) is 14.6 Å². The molecule has 1 unspecified atom stereocenters. The van der Waals surface area contributed by atoms with Crippen molar-refractivity contribution in [3.8, 4) is 0 Å². The molecule has 6 nitrogen and oxygen atoms in total. The zero-order chi connectivity index (χ0) is 14.1. The predicted octanol–water partition coefficient (Wildman–Crippen LogP) is 0.155. The number of nitrogens with zero attached hydrogens (tertiary/aromatic N) is 1. The largest absolute Gasteiger partial charge is 0.382 e. The summed E-state index contributed by atoms with van der Waals surface area (Å²) in [6.45, 7) is 6.82. The highest BCUT2D eigenvalue weighted by molar-refractivity contribution is 7.91. The van der Waals surface area contributed by atoms with Crippen molar-refractivity contribution in [2.75, 3.05) is 37.8 Å². The minimum Gasteiger partial charge on any atom is -0.382 e. The van der Waals surface area contributed by atoms with Crippen LogP contribution in [0.5, 0.6) is 0 Å². The molecule has 0 radical (unpaired) electrons. The first-order chi connectivity index (χ1) is 9.07. The Morgan fingerprint density at radius 2 is 2.21 bits per heavy atom. The number of nitrogens with one attached hydrogen (secondary N) is 2. The van der Waals surface area contributed by atoms with Crippen LogP contribution in [0.25, 0.3) is 0 Å². The summed E-state index contributed by atoms with van der Waals surface area (Å²) in [5.41, 5.74) is 0. The van der Waals surface area contributed by atoms with Crippen molar-refractivity contribution in [3.05, 3.63) is 0 Å². The van der Waals surface area contributed by atoms with Crippen LogP contribution in [0.4, 0.5) is 0 Å². The zero-order valence-electron chi connectivity index (χ0n) is 11.8. The Kier molecular flexibility index (Phi) is 7.15. The Morgan fingerprint density at radius 1 is 1.42 bits per heavy atom. The van der Waals surface area contributed by atoms with Crippen molar-refractivity contribution in [3.63, 3.8) is 0 Å². The lowest BCUT2D eigenvalue weighted by Crippen LogP contribution is -2.44. The Morgan fingerprint density at radius 3 is 2.79 bits per heavy atom. The maximum atomic E-state index is 11.4. The van der Waals surface area contributed by atoms with Crippen molar-refractivity contribution in [2.24, 2.45) is 4.99 Å². The van der Waals surface area contributed by atoms with Crippen molar-refractivity contribution in [2.45, 2.75) is 32.7 Å². The fraction of sp³-hybridized carbons (Fsp3) is 0.917. The van der Waals surface area contributed by atoms with E-state index in [4.69, 9.17) is 4.74 Å². The molecular formula is C12H25N3O3S. The third-order valence-corrected chi connectivity index (χ3v) is 4.61. The second kappa shape index (κ2) is 8.37. The zero-order valence-corrected chi connectivity index (χ0v) is 12.6. The highest BCUT2D eigenvalue weighted by Crippen LogP contribution is 2.10. The van der Waals surface area contributed by atoms with Crippen LogP contribution in [0.3, 0.4) is 0 Å². The smallest absolute Gasteiger partial charge is 0.191 e. The molecule has 1 atom stereocenters. The Balaban J connectivity index is 2.37. The van der Waals surface area contributed by atoms with Gasteiger partial charge in [-0.1, -0.05) is 0 Å². The van der Waals surface area contributed by atoms with Crippen LogP contribution in [0, 0.1) is 0 Å². The Bertz CT molecular complexity index is 382. The minimum absolute atomic E-state index is 0.0188. The van der Waals surface area contributed by atoms with Gasteiger partial charge in [-0.2, -0.15) is 0 Å². The first-order valence-electron chi connectivity index (χ1n) is 6.90. The monoisotopic (exact) mass is 291 g/mol. The Hall–Kier alpha value is -0.820. The van der Waals surface area contributed by atoms with E-state index >= 15 is 0 Å². The molecule has 1 saturated heterocycles. The van der Waals surface area contributed by atoms with Crippen molar-refractivity contribution < 1.29 is 13.2 Å². The van der Waals surface area contributed by atoms with Crippen molar-refractivity contribution >= 4 is 15.8 Å². The third-order valence-electron chi connectivity index (χ3n) is 2.84. The molecule has 19 heavy (non-hydrogen) atoms. The maximum absolute atomic E-state index is 11.4. The molecule has 1 rings (SSSR count). The molecule has 1 heterocycles. The van der Waals surface area contributed by atoms with Gasteiger partial charge in [0.25, 0.3) is 0 Å². The SMILES string of the molecule is CCNC(=NCCCOCC)NC1CCS(=O)(=O)C1. The summed E-state index contributed by atoms with van der Waals surface area (Å²) in [6, 6.07) is -0.0188. The molecule has 112 valence electrons. The fourth-order valence-electron chi connectivity index (χ4n) is 1.92. The number of rotatable bonds is 7. The van der Waals surface area contributed by atoms with E-state index in [9.17, 15) is 8.42 Å². The lowest BCUT2D eigenvalue weighted by atomic mass is 10.3. The van der Waals surface area contributed by atoms with E-state index in [1.165, 1.54) is 0 Å². The lowest BCUT2D eigenvalue weighted by molar-refractivity contribution is 0.146. The number of sulfone groups is 1. The summed E-state index contributed by atoms with van der Waals surface area (Å²) in [6.07, 6.45) is 1.53. The highest BCUT2D eigenvalue weighted by Gasteiger charge is 2.28. The summed E-state index contributed by atoms with van der Waals surface area (Å²) in [7, 11) is -2.85. The van der Waals surface area contributed by atoms with Crippen LogP contribution in [0.15, 0.2) is 4.99 Å². The predicted molar refractivity (Wildman–Crippen MR) is 77.3 cm³/mol. The lowest BCUT2D eigenvalue weighted by Gasteiger charge is -2.15. The van der Waals surface area contributed by atoms with Gasteiger partial charge in [0.2, 0.25) is 0 Å². The van der Waals surface area contributed by atoms with E-state index in [0.29, 0.717) is 25.5 Å². The van der Waals surface area contributed by atoms with Crippen LogP contribution in [0.2, 0.25) is 0 Å². The summed E-state index contributed by atoms with van der Waals surface area (Å²) in [4.78, 5) is 4.42. The summed E-state index contributed by atoms with van der Waals surface area (Å²) in [5, 5.41) is 6.31. The molecule has 0 aromatic heterocycles. The normalized spacial score (nSPS) is 22.4. The molecular weight excluding hydrogens is 266 g/mol. The van der Waals surface area contributed by atoms with Gasteiger partial charge in [-0.05, 0) is 26.7 Å². The molecule has 0 aliphatic carbocycles. The first-order valence-corrected chi connectivity index (χ1v) is 8.72. The van der Waals surface area contributed by atoms with Gasteiger partial charge < -0.3 is 15.4 Å². The fourth-order valence-corrected chi connectivity index (χ4v) is 3.60. The third kappa shape index (κ3) is 6.77. The van der Waals surface area contributed by atoms with Gasteiger partial charge in [0.15, 0.2) is 15.8 Å². The van der Waals surface area contributed by atoms with E-state index in [0.717, 1.165) is 19.6 Å². The average Bonchev–Trinajstić information content (AvgIpc) is 2.68. The van der Waals surface area contributed by atoms with Gasteiger partial charge in [-0.15, -0.1) is 0 Å². The second-order valence-electron chi connectivity index (χ2n) is 4.56. The second-order valence-corrected chi connectivity index (χ2v) is 6.78. The number of hydrogen-bond acceptors (Lipinski definition) is 4.